The third kappa shape index (κ3) is 2.94. The lowest BCUT2D eigenvalue weighted by Gasteiger charge is -2.06. The number of rotatable bonds is 4. The minimum Gasteiger partial charge on any atom is -0.489 e. The Hall–Kier alpha value is -1.61. The van der Waals surface area contributed by atoms with Crippen LogP contribution in [0.1, 0.15) is 5.56 Å². The molecule has 82 valence electrons. The lowest BCUT2D eigenvalue weighted by molar-refractivity contribution is 0.305. The van der Waals surface area contributed by atoms with E-state index in [0.29, 0.717) is 12.4 Å². The van der Waals surface area contributed by atoms with E-state index in [0.717, 1.165) is 11.3 Å². The number of benzene rings is 2. The number of hydrogen-bond acceptors (Lipinski definition) is 3. The van der Waals surface area contributed by atoms with Crippen LogP contribution < -0.4 is 8.92 Å². The molecular formula is C13H12O2S. The first kappa shape index (κ1) is 10.9. The van der Waals surface area contributed by atoms with Crippen molar-refractivity contribution in [1.29, 1.82) is 0 Å². The molecule has 0 aliphatic carbocycles. The maximum absolute atomic E-state index is 5.62. The standard InChI is InChI=1S/C13H12O2S/c16-15-13-8-4-7-12(9-13)14-10-11-5-2-1-3-6-11/h1-9,16H,10H2. The van der Waals surface area contributed by atoms with Gasteiger partial charge in [-0.3, -0.25) is 0 Å². The predicted octanol–water partition coefficient (Wildman–Crippen LogP) is 3.49. The molecule has 0 radical (unpaired) electrons. The molecule has 2 nitrogen and oxygen atoms in total. The van der Waals surface area contributed by atoms with Crippen molar-refractivity contribution in [3.8, 4) is 11.5 Å². The van der Waals surface area contributed by atoms with Crippen LogP contribution >= 0.6 is 12.9 Å². The van der Waals surface area contributed by atoms with Crippen molar-refractivity contribution < 1.29 is 8.92 Å². The molecule has 0 heterocycles. The third-order valence-electron chi connectivity index (χ3n) is 2.16. The largest absolute Gasteiger partial charge is 0.489 e. The van der Waals surface area contributed by atoms with Gasteiger partial charge in [0.05, 0.1) is 0 Å². The second-order valence-corrected chi connectivity index (χ2v) is 3.52. The summed E-state index contributed by atoms with van der Waals surface area (Å²) in [6.45, 7) is 0.552. The highest BCUT2D eigenvalue weighted by Gasteiger charge is 1.97. The van der Waals surface area contributed by atoms with Crippen molar-refractivity contribution >= 4 is 12.9 Å². The van der Waals surface area contributed by atoms with Crippen molar-refractivity contribution in [2.75, 3.05) is 0 Å². The molecular weight excluding hydrogens is 220 g/mol. The van der Waals surface area contributed by atoms with Gasteiger partial charge in [-0.1, -0.05) is 36.4 Å². The van der Waals surface area contributed by atoms with Gasteiger partial charge in [-0.2, -0.15) is 0 Å². The first-order valence-corrected chi connectivity index (χ1v) is 5.33. The summed E-state index contributed by atoms with van der Waals surface area (Å²) in [4.78, 5) is 0. The third-order valence-corrected chi connectivity index (χ3v) is 2.37. The van der Waals surface area contributed by atoms with Crippen molar-refractivity contribution in [2.24, 2.45) is 0 Å². The van der Waals surface area contributed by atoms with Crippen LogP contribution in [0.3, 0.4) is 0 Å². The summed E-state index contributed by atoms with van der Waals surface area (Å²) in [6.07, 6.45) is 0. The second-order valence-electron chi connectivity index (χ2n) is 3.34. The van der Waals surface area contributed by atoms with E-state index in [2.05, 4.69) is 12.9 Å². The molecule has 0 saturated heterocycles. The van der Waals surface area contributed by atoms with Crippen LogP contribution in [0, 0.1) is 0 Å². The molecule has 2 rings (SSSR count). The highest BCUT2D eigenvalue weighted by Crippen LogP contribution is 2.20. The van der Waals surface area contributed by atoms with Crippen LogP contribution in [-0.4, -0.2) is 0 Å². The van der Waals surface area contributed by atoms with Gasteiger partial charge in [-0.15, -0.1) is 0 Å². The van der Waals surface area contributed by atoms with Gasteiger partial charge < -0.3 is 8.92 Å². The average molecular weight is 232 g/mol. The SMILES string of the molecule is SOc1cccc(OCc2ccccc2)c1. The first-order chi connectivity index (χ1) is 7.88. The lowest BCUT2D eigenvalue weighted by Crippen LogP contribution is -1.94. The summed E-state index contributed by atoms with van der Waals surface area (Å²) in [6, 6.07) is 17.4. The number of thiol groups is 1. The zero-order valence-electron chi connectivity index (χ0n) is 8.67. The summed E-state index contributed by atoms with van der Waals surface area (Å²) in [5, 5.41) is 0. The zero-order chi connectivity index (χ0) is 11.2. The van der Waals surface area contributed by atoms with E-state index in [1.807, 2.05) is 48.5 Å². The fourth-order valence-corrected chi connectivity index (χ4v) is 1.48. The van der Waals surface area contributed by atoms with Gasteiger partial charge in [-0.25, -0.2) is 0 Å². The Bertz CT molecular complexity index is 443. The van der Waals surface area contributed by atoms with E-state index in [1.54, 1.807) is 6.07 Å². The number of hydrogen-bond donors (Lipinski definition) is 1. The molecule has 0 amide bonds. The molecule has 2 aromatic rings. The molecule has 0 atom stereocenters. The molecule has 0 fully saturated rings. The van der Waals surface area contributed by atoms with Gasteiger partial charge in [0, 0.05) is 19.0 Å². The monoisotopic (exact) mass is 232 g/mol. The molecule has 0 aliphatic heterocycles. The minimum absolute atomic E-state index is 0.552. The molecule has 0 unspecified atom stereocenters. The van der Waals surface area contributed by atoms with Crippen molar-refractivity contribution in [3.05, 3.63) is 60.2 Å². The van der Waals surface area contributed by atoms with Crippen LogP contribution in [0.5, 0.6) is 11.5 Å². The molecule has 0 spiro atoms. The van der Waals surface area contributed by atoms with Gasteiger partial charge in [0.15, 0.2) is 0 Å². The molecule has 3 heteroatoms. The predicted molar refractivity (Wildman–Crippen MR) is 66.8 cm³/mol. The summed E-state index contributed by atoms with van der Waals surface area (Å²) >= 11 is 3.74. The van der Waals surface area contributed by atoms with Gasteiger partial charge in [0.25, 0.3) is 0 Å². The molecule has 0 saturated carbocycles. The Morgan fingerprint density at radius 2 is 1.62 bits per heavy atom. The molecule has 16 heavy (non-hydrogen) atoms. The molecule has 0 aromatic heterocycles. The normalized spacial score (nSPS) is 9.81. The Balaban J connectivity index is 1.99. The molecule has 2 aromatic carbocycles. The van der Waals surface area contributed by atoms with Crippen LogP contribution in [-0.2, 0) is 6.61 Å². The highest BCUT2D eigenvalue weighted by molar-refractivity contribution is 7.75. The van der Waals surface area contributed by atoms with Crippen molar-refractivity contribution in [1.82, 2.24) is 0 Å². The maximum Gasteiger partial charge on any atom is 0.140 e. The summed E-state index contributed by atoms with van der Waals surface area (Å²) in [7, 11) is 0. The smallest absolute Gasteiger partial charge is 0.140 e. The van der Waals surface area contributed by atoms with Crippen LogP contribution in [0.15, 0.2) is 54.6 Å². The fourth-order valence-electron chi connectivity index (χ4n) is 1.36. The lowest BCUT2D eigenvalue weighted by atomic mass is 10.2. The van der Waals surface area contributed by atoms with Crippen molar-refractivity contribution in [2.45, 2.75) is 6.61 Å². The summed E-state index contributed by atoms with van der Waals surface area (Å²) in [5.41, 5.74) is 1.14. The van der Waals surface area contributed by atoms with E-state index in [4.69, 9.17) is 8.92 Å². The van der Waals surface area contributed by atoms with Gasteiger partial charge >= 0.3 is 0 Å². The fraction of sp³-hybridized carbons (Fsp3) is 0.0769. The Morgan fingerprint density at radius 3 is 2.38 bits per heavy atom. The van der Waals surface area contributed by atoms with E-state index in [9.17, 15) is 0 Å². The topological polar surface area (TPSA) is 18.5 Å². The average Bonchev–Trinajstić information content (AvgIpc) is 2.38. The Labute approximate surface area is 100 Å². The highest BCUT2D eigenvalue weighted by atomic mass is 32.1. The Morgan fingerprint density at radius 1 is 0.875 bits per heavy atom. The van der Waals surface area contributed by atoms with E-state index in [1.165, 1.54) is 0 Å². The quantitative estimate of drug-likeness (QED) is 0.642. The Kier molecular flexibility index (Phi) is 3.72. The van der Waals surface area contributed by atoms with E-state index >= 15 is 0 Å². The molecule has 0 aliphatic rings. The van der Waals surface area contributed by atoms with Crippen LogP contribution in [0.2, 0.25) is 0 Å². The maximum atomic E-state index is 5.62. The van der Waals surface area contributed by atoms with E-state index in [-0.39, 0.29) is 0 Å². The number of ether oxygens (including phenoxy) is 1. The first-order valence-electron chi connectivity index (χ1n) is 4.97. The molecule has 0 N–H and O–H groups in total. The minimum atomic E-state index is 0.552. The van der Waals surface area contributed by atoms with Gasteiger partial charge in [0.2, 0.25) is 0 Å². The van der Waals surface area contributed by atoms with E-state index < -0.39 is 0 Å². The second kappa shape index (κ2) is 5.47. The zero-order valence-corrected chi connectivity index (χ0v) is 9.56. The summed E-state index contributed by atoms with van der Waals surface area (Å²) in [5.74, 6) is 1.45. The van der Waals surface area contributed by atoms with Crippen LogP contribution in [0.25, 0.3) is 0 Å². The van der Waals surface area contributed by atoms with Gasteiger partial charge in [-0.05, 0) is 17.7 Å². The van der Waals surface area contributed by atoms with Gasteiger partial charge in [0.1, 0.15) is 18.1 Å². The molecule has 0 bridgehead atoms. The van der Waals surface area contributed by atoms with Crippen LogP contribution in [0.4, 0.5) is 0 Å². The van der Waals surface area contributed by atoms with Crippen molar-refractivity contribution in [3.63, 3.8) is 0 Å². The summed E-state index contributed by atoms with van der Waals surface area (Å²) < 4.78 is 10.4.